The summed E-state index contributed by atoms with van der Waals surface area (Å²) in [7, 11) is 0. The van der Waals surface area contributed by atoms with E-state index in [9.17, 15) is 9.59 Å². The van der Waals surface area contributed by atoms with Gasteiger partial charge in [-0.05, 0) is 47.6 Å². The highest BCUT2D eigenvalue weighted by atomic mass is 35.5. The fourth-order valence-corrected chi connectivity index (χ4v) is 4.78. The summed E-state index contributed by atoms with van der Waals surface area (Å²) in [5.41, 5.74) is 4.18. The molecule has 0 radical (unpaired) electrons. The van der Waals surface area contributed by atoms with Gasteiger partial charge >= 0.3 is 6.03 Å². The number of nitrogens with one attached hydrogen (secondary N) is 2. The Morgan fingerprint density at radius 2 is 1.59 bits per heavy atom. The molecule has 3 aromatic rings. The first-order valence-electron chi connectivity index (χ1n) is 14.3. The zero-order valence-corrected chi connectivity index (χ0v) is 27.0. The Hall–Kier alpha value is -3.03. The van der Waals surface area contributed by atoms with Crippen LogP contribution in [-0.2, 0) is 10.2 Å². The fourth-order valence-electron chi connectivity index (χ4n) is 4.49. The molecular formula is C32H43Cl2N5O2. The number of unbranched alkanes of at least 4 members (excludes halogenated alkanes) is 1. The summed E-state index contributed by atoms with van der Waals surface area (Å²) in [5, 5.41) is 11.7. The van der Waals surface area contributed by atoms with Crippen LogP contribution in [0.15, 0.2) is 42.5 Å². The van der Waals surface area contributed by atoms with Crippen molar-refractivity contribution in [2.45, 2.75) is 85.5 Å². The number of aromatic nitrogens is 2. The Kier molecular flexibility index (Phi) is 10.9. The number of carbonyl (C=O) groups is 2. The van der Waals surface area contributed by atoms with E-state index in [1.165, 1.54) is 0 Å². The van der Waals surface area contributed by atoms with Crippen LogP contribution >= 0.6 is 23.2 Å². The SMILES string of the molecule is CCCCN(CC(=O)Nc1cc(C(C)(C)C)nn1-c1ccc(Cl)c(Cl)c1)C(=O)Nc1c(C(C)C)cccc1C(C)C. The zero-order chi connectivity index (χ0) is 30.5. The largest absolute Gasteiger partial charge is 0.322 e. The van der Waals surface area contributed by atoms with E-state index in [1.807, 2.05) is 24.3 Å². The molecule has 9 heteroatoms. The lowest BCUT2D eigenvalue weighted by molar-refractivity contribution is -0.116. The molecule has 3 rings (SSSR count). The normalized spacial score (nSPS) is 11.7. The van der Waals surface area contributed by atoms with Gasteiger partial charge in [-0.25, -0.2) is 9.48 Å². The van der Waals surface area contributed by atoms with Crippen molar-refractivity contribution in [1.82, 2.24) is 14.7 Å². The third-order valence-corrected chi connectivity index (χ3v) is 7.64. The maximum Gasteiger partial charge on any atom is 0.322 e. The number of urea groups is 1. The van der Waals surface area contributed by atoms with Gasteiger partial charge in [-0.2, -0.15) is 5.10 Å². The molecule has 3 amide bonds. The number of halogens is 2. The average molecular weight is 601 g/mol. The Balaban J connectivity index is 1.89. The smallest absolute Gasteiger partial charge is 0.315 e. The first-order chi connectivity index (χ1) is 19.2. The maximum atomic E-state index is 13.6. The van der Waals surface area contributed by atoms with Gasteiger partial charge in [-0.1, -0.05) is 103 Å². The van der Waals surface area contributed by atoms with E-state index in [2.05, 4.69) is 66.0 Å². The highest BCUT2D eigenvalue weighted by Crippen LogP contribution is 2.33. The number of hydrogen-bond donors (Lipinski definition) is 2. The molecule has 222 valence electrons. The Morgan fingerprint density at radius 3 is 2.12 bits per heavy atom. The highest BCUT2D eigenvalue weighted by molar-refractivity contribution is 6.42. The fraction of sp³-hybridized carbons (Fsp3) is 0.469. The number of amides is 3. The number of benzene rings is 2. The van der Waals surface area contributed by atoms with Crippen LogP contribution in [0.5, 0.6) is 0 Å². The van der Waals surface area contributed by atoms with Crippen molar-refractivity contribution < 1.29 is 9.59 Å². The zero-order valence-electron chi connectivity index (χ0n) is 25.4. The number of para-hydroxylation sites is 1. The van der Waals surface area contributed by atoms with Gasteiger partial charge in [-0.15, -0.1) is 0 Å². The van der Waals surface area contributed by atoms with Crippen molar-refractivity contribution in [1.29, 1.82) is 0 Å². The van der Waals surface area contributed by atoms with Gasteiger partial charge in [0, 0.05) is 23.7 Å². The molecule has 1 aromatic heterocycles. The first-order valence-corrected chi connectivity index (χ1v) is 15.0. The molecular weight excluding hydrogens is 557 g/mol. The quantitative estimate of drug-likeness (QED) is 0.244. The lowest BCUT2D eigenvalue weighted by atomic mass is 9.92. The van der Waals surface area contributed by atoms with Crippen molar-refractivity contribution in [3.63, 3.8) is 0 Å². The Bertz CT molecular complexity index is 1350. The van der Waals surface area contributed by atoms with Gasteiger partial charge in [0.15, 0.2) is 0 Å². The van der Waals surface area contributed by atoms with Crippen LogP contribution in [0.4, 0.5) is 16.3 Å². The van der Waals surface area contributed by atoms with Gasteiger partial charge < -0.3 is 15.5 Å². The van der Waals surface area contributed by atoms with Crippen molar-refractivity contribution in [3.05, 3.63) is 69.3 Å². The summed E-state index contributed by atoms with van der Waals surface area (Å²) in [6.45, 7) is 17.0. The van der Waals surface area contributed by atoms with E-state index in [4.69, 9.17) is 28.3 Å². The maximum absolute atomic E-state index is 13.6. The number of anilines is 2. The molecule has 7 nitrogen and oxygen atoms in total. The van der Waals surface area contributed by atoms with Gasteiger partial charge in [0.1, 0.15) is 12.4 Å². The van der Waals surface area contributed by atoms with Crippen LogP contribution in [-0.4, -0.2) is 39.7 Å². The lowest BCUT2D eigenvalue weighted by Crippen LogP contribution is -2.41. The summed E-state index contributed by atoms with van der Waals surface area (Å²) in [6, 6.07) is 12.9. The van der Waals surface area contributed by atoms with Crippen LogP contribution in [0.25, 0.3) is 5.69 Å². The van der Waals surface area contributed by atoms with Crippen LogP contribution in [0.1, 0.15) is 96.9 Å². The van der Waals surface area contributed by atoms with Gasteiger partial charge in [0.2, 0.25) is 5.91 Å². The minimum atomic E-state index is -0.320. The predicted molar refractivity (Wildman–Crippen MR) is 171 cm³/mol. The van der Waals surface area contributed by atoms with E-state index >= 15 is 0 Å². The standard InChI is InChI=1S/C32H43Cl2N5O2/c1-9-10-16-38(31(41)36-30-23(20(2)3)12-11-13-24(30)21(4)5)19-29(40)35-28-18-27(32(6,7)8)37-39(28)22-14-15-25(33)26(34)17-22/h11-15,17-18,20-21H,9-10,16,19H2,1-8H3,(H,35,40)(H,36,41). The molecule has 0 unspecified atom stereocenters. The summed E-state index contributed by atoms with van der Waals surface area (Å²) >= 11 is 12.4. The van der Waals surface area contributed by atoms with E-state index < -0.39 is 0 Å². The molecule has 0 aliphatic rings. The number of hydrogen-bond acceptors (Lipinski definition) is 3. The molecule has 1 heterocycles. The van der Waals surface area contributed by atoms with Crippen molar-refractivity contribution >= 4 is 46.6 Å². The molecule has 0 saturated heterocycles. The molecule has 0 aliphatic carbocycles. The average Bonchev–Trinajstić information content (AvgIpc) is 3.32. The minimum absolute atomic E-state index is 0.107. The molecule has 0 bridgehead atoms. The van der Waals surface area contributed by atoms with Crippen molar-refractivity contribution in [2.24, 2.45) is 0 Å². The summed E-state index contributed by atoms with van der Waals surface area (Å²) in [6.07, 6.45) is 1.67. The molecule has 2 N–H and O–H groups in total. The summed E-state index contributed by atoms with van der Waals surface area (Å²) < 4.78 is 1.64. The monoisotopic (exact) mass is 599 g/mol. The molecule has 2 aromatic carbocycles. The highest BCUT2D eigenvalue weighted by Gasteiger charge is 2.24. The molecule has 0 spiro atoms. The van der Waals surface area contributed by atoms with Crippen LogP contribution in [0.3, 0.4) is 0 Å². The third-order valence-electron chi connectivity index (χ3n) is 6.90. The number of carbonyl (C=O) groups excluding carboxylic acids is 2. The predicted octanol–water partition coefficient (Wildman–Crippen LogP) is 9.00. The van der Waals surface area contributed by atoms with Crippen LogP contribution in [0, 0.1) is 0 Å². The van der Waals surface area contributed by atoms with Crippen molar-refractivity contribution in [2.75, 3.05) is 23.7 Å². The second-order valence-electron chi connectivity index (χ2n) is 12.0. The Labute approximate surface area is 254 Å². The van der Waals surface area contributed by atoms with E-state index in [-0.39, 0.29) is 35.7 Å². The van der Waals surface area contributed by atoms with Gasteiger partial charge in [0.25, 0.3) is 0 Å². The van der Waals surface area contributed by atoms with Crippen LogP contribution < -0.4 is 10.6 Å². The van der Waals surface area contributed by atoms with E-state index in [1.54, 1.807) is 27.8 Å². The van der Waals surface area contributed by atoms with Crippen LogP contribution in [0.2, 0.25) is 10.0 Å². The number of rotatable bonds is 10. The molecule has 41 heavy (non-hydrogen) atoms. The molecule has 0 fully saturated rings. The first kappa shape index (κ1) is 32.5. The van der Waals surface area contributed by atoms with Gasteiger partial charge in [-0.3, -0.25) is 4.79 Å². The summed E-state index contributed by atoms with van der Waals surface area (Å²) in [4.78, 5) is 28.6. The van der Waals surface area contributed by atoms with E-state index in [0.29, 0.717) is 28.1 Å². The second-order valence-corrected chi connectivity index (χ2v) is 12.9. The third kappa shape index (κ3) is 8.26. The second kappa shape index (κ2) is 13.8. The molecule has 0 aliphatic heterocycles. The van der Waals surface area contributed by atoms with E-state index in [0.717, 1.165) is 35.3 Å². The minimum Gasteiger partial charge on any atom is -0.315 e. The Morgan fingerprint density at radius 1 is 0.951 bits per heavy atom. The molecule has 0 atom stereocenters. The topological polar surface area (TPSA) is 79.3 Å². The summed E-state index contributed by atoms with van der Waals surface area (Å²) in [5.74, 6) is 0.630. The lowest BCUT2D eigenvalue weighted by Gasteiger charge is -2.26. The molecule has 0 saturated carbocycles. The van der Waals surface area contributed by atoms with Crippen molar-refractivity contribution in [3.8, 4) is 5.69 Å². The van der Waals surface area contributed by atoms with Gasteiger partial charge in [0.05, 0.1) is 21.4 Å². The number of nitrogens with zero attached hydrogens (tertiary/aromatic N) is 3.